The Morgan fingerprint density at radius 3 is 2.53 bits per heavy atom. The average Bonchev–Trinajstić information content (AvgIpc) is 2.27. The smallest absolute Gasteiger partial charge is 0.340 e. The van der Waals surface area contributed by atoms with E-state index in [0.717, 1.165) is 11.6 Å². The topological polar surface area (TPSA) is 68.9 Å². The van der Waals surface area contributed by atoms with Crippen LogP contribution in [0.15, 0.2) is 21.3 Å². The van der Waals surface area contributed by atoms with Crippen LogP contribution in [-0.2, 0) is 0 Å². The molecule has 0 amide bonds. The Bertz CT molecular complexity index is 627. The van der Waals surface area contributed by atoms with Crippen LogP contribution >= 0.6 is 0 Å². The minimum absolute atomic E-state index is 0.130. The zero-order chi connectivity index (χ0) is 12.6. The second kappa shape index (κ2) is 4.01. The van der Waals surface area contributed by atoms with E-state index in [-0.39, 0.29) is 11.3 Å². The van der Waals surface area contributed by atoms with Crippen molar-refractivity contribution >= 4 is 11.0 Å². The molecule has 1 N–H and O–H groups in total. The van der Waals surface area contributed by atoms with Gasteiger partial charge in [-0.2, -0.15) is 0 Å². The number of hydrogen-bond acceptors (Lipinski definition) is 5. The van der Waals surface area contributed by atoms with Crippen LogP contribution < -0.4 is 15.1 Å². The summed E-state index contributed by atoms with van der Waals surface area (Å²) in [6, 6.07) is 2.74. The Kier molecular flexibility index (Phi) is 2.67. The fraction of sp³-hybridized carbons (Fsp3) is 0.250. The molecule has 0 fully saturated rings. The van der Waals surface area contributed by atoms with Crippen LogP contribution in [0.2, 0.25) is 0 Å². The number of methoxy groups -OCH3 is 2. The first-order chi connectivity index (χ1) is 8.08. The Morgan fingerprint density at radius 1 is 1.24 bits per heavy atom. The quantitative estimate of drug-likeness (QED) is 0.805. The van der Waals surface area contributed by atoms with Crippen molar-refractivity contribution < 1.29 is 19.0 Å². The van der Waals surface area contributed by atoms with E-state index in [0.29, 0.717) is 16.9 Å². The highest BCUT2D eigenvalue weighted by atomic mass is 16.5. The van der Waals surface area contributed by atoms with Crippen LogP contribution in [0.25, 0.3) is 11.0 Å². The third-order valence-electron chi connectivity index (χ3n) is 2.54. The molecule has 0 saturated carbocycles. The van der Waals surface area contributed by atoms with Crippen LogP contribution in [0.3, 0.4) is 0 Å². The van der Waals surface area contributed by atoms with Gasteiger partial charge in [-0.3, -0.25) is 0 Å². The standard InChI is InChI=1S/C12H12O5/c1-6-4-8(15-2)11(16-3)12-10(6)7(13)5-9(14)17-12/h4-5,13H,1-3H3. The van der Waals surface area contributed by atoms with E-state index < -0.39 is 5.63 Å². The third-order valence-corrected chi connectivity index (χ3v) is 2.54. The first-order valence-electron chi connectivity index (χ1n) is 4.97. The normalized spacial score (nSPS) is 10.5. The maximum absolute atomic E-state index is 11.3. The number of rotatable bonds is 2. The first kappa shape index (κ1) is 11.3. The highest BCUT2D eigenvalue weighted by Gasteiger charge is 2.17. The molecule has 0 atom stereocenters. The van der Waals surface area contributed by atoms with Gasteiger partial charge in [0.05, 0.1) is 25.7 Å². The molecule has 1 aromatic carbocycles. The maximum Gasteiger partial charge on any atom is 0.340 e. The number of aryl methyl sites for hydroxylation is 1. The van der Waals surface area contributed by atoms with Crippen molar-refractivity contribution in [3.8, 4) is 17.2 Å². The second-order valence-corrected chi connectivity index (χ2v) is 3.58. The molecule has 0 spiro atoms. The number of aromatic hydroxyl groups is 1. The van der Waals surface area contributed by atoms with Crippen molar-refractivity contribution in [3.05, 3.63) is 28.1 Å². The minimum atomic E-state index is -0.638. The molecular weight excluding hydrogens is 224 g/mol. The molecule has 1 aromatic heterocycles. The van der Waals surface area contributed by atoms with E-state index in [1.807, 2.05) is 0 Å². The summed E-state index contributed by atoms with van der Waals surface area (Å²) < 4.78 is 15.3. The van der Waals surface area contributed by atoms with Gasteiger partial charge in [-0.25, -0.2) is 4.79 Å². The van der Waals surface area contributed by atoms with E-state index in [1.54, 1.807) is 13.0 Å². The predicted octanol–water partition coefficient (Wildman–Crippen LogP) is 1.82. The number of ether oxygens (including phenoxy) is 2. The van der Waals surface area contributed by atoms with E-state index in [4.69, 9.17) is 13.9 Å². The number of hydrogen-bond donors (Lipinski definition) is 1. The summed E-state index contributed by atoms with van der Waals surface area (Å²) in [5.74, 6) is 0.613. The Hall–Kier alpha value is -2.17. The molecule has 90 valence electrons. The van der Waals surface area contributed by atoms with Crippen molar-refractivity contribution in [2.45, 2.75) is 6.92 Å². The molecule has 2 rings (SSSR count). The molecule has 0 aliphatic heterocycles. The lowest BCUT2D eigenvalue weighted by Gasteiger charge is -2.12. The molecule has 0 bridgehead atoms. The van der Waals surface area contributed by atoms with Crippen LogP contribution in [0.1, 0.15) is 5.56 Å². The molecule has 0 saturated heterocycles. The van der Waals surface area contributed by atoms with Crippen molar-refractivity contribution in [1.29, 1.82) is 0 Å². The molecule has 0 radical (unpaired) electrons. The summed E-state index contributed by atoms with van der Waals surface area (Å²) in [6.07, 6.45) is 0. The predicted molar refractivity (Wildman–Crippen MR) is 62.0 cm³/mol. The monoisotopic (exact) mass is 236 g/mol. The van der Waals surface area contributed by atoms with Gasteiger partial charge in [0.15, 0.2) is 11.3 Å². The van der Waals surface area contributed by atoms with Gasteiger partial charge in [0.2, 0.25) is 5.75 Å². The van der Waals surface area contributed by atoms with E-state index >= 15 is 0 Å². The van der Waals surface area contributed by atoms with Gasteiger partial charge in [-0.1, -0.05) is 0 Å². The Labute approximate surface area is 97.2 Å². The van der Waals surface area contributed by atoms with Gasteiger partial charge >= 0.3 is 5.63 Å². The Morgan fingerprint density at radius 2 is 1.94 bits per heavy atom. The summed E-state index contributed by atoms with van der Waals surface area (Å²) in [6.45, 7) is 1.78. The Balaban J connectivity index is 3.00. The fourth-order valence-corrected chi connectivity index (χ4v) is 1.81. The van der Waals surface area contributed by atoms with Crippen LogP contribution in [0.5, 0.6) is 17.2 Å². The van der Waals surface area contributed by atoms with Crippen LogP contribution in [0.4, 0.5) is 0 Å². The summed E-state index contributed by atoms with van der Waals surface area (Å²) in [5.41, 5.74) is 0.286. The maximum atomic E-state index is 11.3. The van der Waals surface area contributed by atoms with E-state index in [9.17, 15) is 9.90 Å². The van der Waals surface area contributed by atoms with Crippen molar-refractivity contribution in [1.82, 2.24) is 0 Å². The highest BCUT2D eigenvalue weighted by Crippen LogP contribution is 2.39. The van der Waals surface area contributed by atoms with Crippen LogP contribution in [-0.4, -0.2) is 19.3 Å². The largest absolute Gasteiger partial charge is 0.507 e. The fourth-order valence-electron chi connectivity index (χ4n) is 1.81. The lowest BCUT2D eigenvalue weighted by molar-refractivity contribution is 0.351. The van der Waals surface area contributed by atoms with Gasteiger partial charge < -0.3 is 19.0 Å². The zero-order valence-corrected chi connectivity index (χ0v) is 9.73. The molecule has 17 heavy (non-hydrogen) atoms. The molecule has 0 unspecified atom stereocenters. The third kappa shape index (κ3) is 1.69. The van der Waals surface area contributed by atoms with Gasteiger partial charge in [0.25, 0.3) is 0 Å². The molecule has 5 nitrogen and oxygen atoms in total. The van der Waals surface area contributed by atoms with Gasteiger partial charge in [-0.05, 0) is 18.6 Å². The zero-order valence-electron chi connectivity index (χ0n) is 9.73. The molecule has 0 aliphatic rings. The lowest BCUT2D eigenvalue weighted by Crippen LogP contribution is -2.00. The average molecular weight is 236 g/mol. The minimum Gasteiger partial charge on any atom is -0.507 e. The van der Waals surface area contributed by atoms with Crippen molar-refractivity contribution in [2.24, 2.45) is 0 Å². The lowest BCUT2D eigenvalue weighted by atomic mass is 10.1. The van der Waals surface area contributed by atoms with E-state index in [2.05, 4.69) is 0 Å². The summed E-state index contributed by atoms with van der Waals surface area (Å²) >= 11 is 0. The molecule has 2 aromatic rings. The van der Waals surface area contributed by atoms with E-state index in [1.165, 1.54) is 14.2 Å². The van der Waals surface area contributed by atoms with Crippen LogP contribution in [0, 0.1) is 6.92 Å². The first-order valence-corrected chi connectivity index (χ1v) is 4.97. The van der Waals surface area contributed by atoms with Gasteiger partial charge in [-0.15, -0.1) is 0 Å². The molecule has 1 heterocycles. The summed E-state index contributed by atoms with van der Waals surface area (Å²) in [5, 5.41) is 10.2. The molecule has 0 aliphatic carbocycles. The number of fused-ring (bicyclic) bond motifs is 1. The van der Waals surface area contributed by atoms with Crippen molar-refractivity contribution in [2.75, 3.05) is 14.2 Å². The van der Waals surface area contributed by atoms with Crippen molar-refractivity contribution in [3.63, 3.8) is 0 Å². The highest BCUT2D eigenvalue weighted by molar-refractivity contribution is 5.92. The van der Waals surface area contributed by atoms with Gasteiger partial charge in [0.1, 0.15) is 5.75 Å². The second-order valence-electron chi connectivity index (χ2n) is 3.58. The number of benzene rings is 1. The SMILES string of the molecule is COc1cc(C)c2c(O)cc(=O)oc2c1OC. The van der Waals surface area contributed by atoms with Gasteiger partial charge in [0, 0.05) is 0 Å². The molecular formula is C12H12O5. The molecule has 5 heteroatoms. The summed E-state index contributed by atoms with van der Waals surface area (Å²) in [7, 11) is 2.93. The summed E-state index contributed by atoms with van der Waals surface area (Å²) in [4.78, 5) is 11.3.